The first kappa shape index (κ1) is 26.4. The van der Waals surface area contributed by atoms with E-state index in [2.05, 4.69) is 26.3 Å². The van der Waals surface area contributed by atoms with Crippen molar-refractivity contribution in [2.24, 2.45) is 5.92 Å². The third kappa shape index (κ3) is 5.68. The fraction of sp³-hybridized carbons (Fsp3) is 0.522. The van der Waals surface area contributed by atoms with Gasteiger partial charge in [-0.25, -0.2) is 4.79 Å². The van der Waals surface area contributed by atoms with Gasteiger partial charge in [-0.15, -0.1) is 13.2 Å². The first-order chi connectivity index (χ1) is 13.9. The maximum absolute atomic E-state index is 13.2. The number of likely N-dealkylation sites (tertiary alicyclic amines) is 1. The minimum Gasteiger partial charge on any atom is -0.467 e. The molecule has 2 aliphatic rings. The molecule has 2 rings (SSSR count). The highest BCUT2D eigenvalue weighted by Gasteiger charge is 2.44. The van der Waals surface area contributed by atoms with Crippen molar-refractivity contribution in [1.29, 1.82) is 0 Å². The van der Waals surface area contributed by atoms with E-state index in [1.165, 1.54) is 13.2 Å². The van der Waals surface area contributed by atoms with E-state index in [0.29, 0.717) is 25.1 Å². The van der Waals surface area contributed by atoms with Crippen LogP contribution in [0.25, 0.3) is 0 Å². The molecule has 29 heavy (non-hydrogen) atoms. The van der Waals surface area contributed by atoms with Crippen molar-refractivity contribution in [1.82, 2.24) is 9.80 Å². The number of esters is 1. The van der Waals surface area contributed by atoms with Crippen molar-refractivity contribution in [2.45, 2.75) is 52.6 Å². The maximum atomic E-state index is 13.2. The average Bonchev–Trinajstić information content (AvgIpc) is 3.35. The van der Waals surface area contributed by atoms with Crippen LogP contribution in [0, 0.1) is 5.92 Å². The Morgan fingerprint density at radius 1 is 1.17 bits per heavy atom. The van der Waals surface area contributed by atoms with Crippen LogP contribution in [0.15, 0.2) is 49.6 Å². The lowest BCUT2D eigenvalue weighted by atomic mass is 10.00. The second kappa shape index (κ2) is 12.8. The van der Waals surface area contributed by atoms with Crippen LogP contribution in [0.4, 0.5) is 0 Å². The average molecular weight is 405 g/mol. The van der Waals surface area contributed by atoms with Crippen molar-refractivity contribution in [3.05, 3.63) is 49.6 Å². The predicted octanol–water partition coefficient (Wildman–Crippen LogP) is 3.51. The third-order valence-electron chi connectivity index (χ3n) is 4.86. The molecule has 0 aromatic rings. The van der Waals surface area contributed by atoms with Crippen LogP contribution in [-0.4, -0.2) is 59.9 Å². The highest BCUT2D eigenvalue weighted by atomic mass is 16.5. The number of carbonyl (C=O) groups excluding carboxylic acids is 3. The summed E-state index contributed by atoms with van der Waals surface area (Å²) in [5.41, 5.74) is 1.25. The molecular weight excluding hydrogens is 368 g/mol. The van der Waals surface area contributed by atoms with E-state index < -0.39 is 18.1 Å². The van der Waals surface area contributed by atoms with Gasteiger partial charge in [-0.1, -0.05) is 53.0 Å². The largest absolute Gasteiger partial charge is 0.467 e. The summed E-state index contributed by atoms with van der Waals surface area (Å²) < 4.78 is 4.82. The summed E-state index contributed by atoms with van der Waals surface area (Å²) in [6.07, 6.45) is 4.47. The van der Waals surface area contributed by atoms with Gasteiger partial charge in [-0.3, -0.25) is 9.59 Å². The molecule has 0 aliphatic carbocycles. The number of nitrogens with zero attached hydrogens (tertiary/aromatic N) is 2. The Morgan fingerprint density at radius 2 is 1.76 bits per heavy atom. The molecule has 0 aromatic heterocycles. The van der Waals surface area contributed by atoms with E-state index in [1.54, 1.807) is 15.9 Å². The first-order valence-corrected chi connectivity index (χ1v) is 10.0. The molecule has 2 amide bonds. The highest BCUT2D eigenvalue weighted by molar-refractivity contribution is 6.03. The maximum Gasteiger partial charge on any atom is 0.328 e. The Morgan fingerprint density at radius 3 is 2.17 bits per heavy atom. The van der Waals surface area contributed by atoms with Gasteiger partial charge in [0.25, 0.3) is 5.91 Å². The van der Waals surface area contributed by atoms with Crippen LogP contribution in [0.1, 0.15) is 40.5 Å². The quantitative estimate of drug-likeness (QED) is 0.502. The lowest BCUT2D eigenvalue weighted by Crippen LogP contribution is -2.54. The molecular formula is C23H36N2O4. The summed E-state index contributed by atoms with van der Waals surface area (Å²) in [6, 6.07) is -1.20. The van der Waals surface area contributed by atoms with Crippen molar-refractivity contribution < 1.29 is 19.1 Å². The third-order valence-corrected chi connectivity index (χ3v) is 4.86. The van der Waals surface area contributed by atoms with Crippen LogP contribution in [0.3, 0.4) is 0 Å². The van der Waals surface area contributed by atoms with Gasteiger partial charge in [0.1, 0.15) is 12.1 Å². The molecule has 0 spiro atoms. The summed E-state index contributed by atoms with van der Waals surface area (Å²) >= 11 is 0. The summed E-state index contributed by atoms with van der Waals surface area (Å²) in [4.78, 5) is 41.0. The molecule has 2 atom stereocenters. The molecule has 0 aromatic carbocycles. The molecule has 162 valence electrons. The minimum absolute atomic E-state index is 0.0921. The molecule has 6 heteroatoms. The summed E-state index contributed by atoms with van der Waals surface area (Å²) in [5, 5.41) is 0. The Balaban J connectivity index is 0.00000184. The second-order valence-electron chi connectivity index (χ2n) is 6.68. The van der Waals surface area contributed by atoms with Gasteiger partial charge in [-0.2, -0.15) is 0 Å². The van der Waals surface area contributed by atoms with Gasteiger partial charge in [-0.05, 0) is 24.3 Å². The van der Waals surface area contributed by atoms with Gasteiger partial charge >= 0.3 is 5.97 Å². The van der Waals surface area contributed by atoms with E-state index in [-0.39, 0.29) is 17.7 Å². The monoisotopic (exact) mass is 404 g/mol. The zero-order valence-electron chi connectivity index (χ0n) is 18.6. The number of amides is 2. The number of ether oxygens (including phenoxy) is 1. The van der Waals surface area contributed by atoms with Crippen molar-refractivity contribution in [3.63, 3.8) is 0 Å². The van der Waals surface area contributed by atoms with Gasteiger partial charge in [0.05, 0.1) is 7.11 Å². The molecule has 2 unspecified atom stereocenters. The molecule has 0 radical (unpaired) electrons. The number of hydrogen-bond acceptors (Lipinski definition) is 4. The molecule has 0 N–H and O–H groups in total. The van der Waals surface area contributed by atoms with Crippen LogP contribution in [0.5, 0.6) is 0 Å². The van der Waals surface area contributed by atoms with E-state index in [9.17, 15) is 14.4 Å². The van der Waals surface area contributed by atoms with Gasteiger partial charge in [0.15, 0.2) is 0 Å². The second-order valence-corrected chi connectivity index (χ2v) is 6.68. The Labute approximate surface area is 175 Å². The van der Waals surface area contributed by atoms with Crippen LogP contribution in [0.2, 0.25) is 0 Å². The molecule has 1 fully saturated rings. The van der Waals surface area contributed by atoms with E-state index in [4.69, 9.17) is 4.74 Å². The van der Waals surface area contributed by atoms with Gasteiger partial charge < -0.3 is 14.5 Å². The smallest absolute Gasteiger partial charge is 0.328 e. The Bertz CT molecular complexity index is 651. The molecule has 2 heterocycles. The Kier molecular flexibility index (Phi) is 11.6. The van der Waals surface area contributed by atoms with Crippen LogP contribution >= 0.6 is 0 Å². The lowest BCUT2D eigenvalue weighted by Gasteiger charge is -2.35. The zero-order chi connectivity index (χ0) is 22.7. The van der Waals surface area contributed by atoms with E-state index in [0.717, 1.165) is 12.0 Å². The fourth-order valence-corrected chi connectivity index (χ4v) is 3.61. The predicted molar refractivity (Wildman–Crippen MR) is 117 cm³/mol. The van der Waals surface area contributed by atoms with Gasteiger partial charge in [0.2, 0.25) is 5.91 Å². The highest BCUT2D eigenvalue weighted by Crippen LogP contribution is 2.29. The summed E-state index contributed by atoms with van der Waals surface area (Å²) in [7, 11) is 1.32. The molecule has 0 bridgehead atoms. The van der Waals surface area contributed by atoms with Crippen LogP contribution < -0.4 is 0 Å². The standard InChI is InChI=1S/C19H26N2O4.C2H6.C2H4/c1-6-13-11-21(17(22)14(13)7-2)16(12(3)4)18(23)20-10-8-9-15(20)19(24)25-5;2*1-2/h6-7,12,15-16H,1-2,8-11H2,3-5H3;1-2H3;1-2H2. The van der Waals surface area contributed by atoms with Crippen molar-refractivity contribution >= 4 is 17.8 Å². The Hall–Kier alpha value is -2.63. The molecule has 0 saturated carbocycles. The SMILES string of the molecule is C=C.C=CC1=C(C=C)C(=O)N(C(C(=O)N2CCCC2C(=O)OC)C(C)C)C1.CC. The number of hydrogen-bond donors (Lipinski definition) is 0. The topological polar surface area (TPSA) is 66.9 Å². The van der Waals surface area contributed by atoms with E-state index in [1.807, 2.05) is 27.7 Å². The summed E-state index contributed by atoms with van der Waals surface area (Å²) in [5.74, 6) is -0.917. The zero-order valence-corrected chi connectivity index (χ0v) is 18.6. The van der Waals surface area contributed by atoms with Crippen LogP contribution in [-0.2, 0) is 19.1 Å². The minimum atomic E-state index is -0.634. The number of methoxy groups -OCH3 is 1. The van der Waals surface area contributed by atoms with Crippen molar-refractivity contribution in [2.75, 3.05) is 20.2 Å². The normalized spacial score (nSPS) is 19.1. The number of carbonyl (C=O) groups is 3. The first-order valence-electron chi connectivity index (χ1n) is 10.0. The fourth-order valence-electron chi connectivity index (χ4n) is 3.61. The van der Waals surface area contributed by atoms with Crippen molar-refractivity contribution in [3.8, 4) is 0 Å². The van der Waals surface area contributed by atoms with E-state index >= 15 is 0 Å². The molecule has 1 saturated heterocycles. The lowest BCUT2D eigenvalue weighted by molar-refractivity contribution is -0.154. The summed E-state index contributed by atoms with van der Waals surface area (Å²) in [6.45, 7) is 22.1. The molecule has 2 aliphatic heterocycles. The van der Waals surface area contributed by atoms with Gasteiger partial charge in [0, 0.05) is 18.7 Å². The number of rotatable bonds is 6. The molecule has 6 nitrogen and oxygen atoms in total.